The highest BCUT2D eigenvalue weighted by molar-refractivity contribution is 7.39. The van der Waals surface area contributed by atoms with Crippen molar-refractivity contribution in [2.45, 2.75) is 83.0 Å². The molecule has 2 N–H and O–H groups in total. The van der Waals surface area contributed by atoms with Crippen LogP contribution in [0.25, 0.3) is 0 Å². The lowest BCUT2D eigenvalue weighted by Gasteiger charge is -2.46. The van der Waals surface area contributed by atoms with Gasteiger partial charge in [0.25, 0.3) is 0 Å². The number of hydrogen-bond donors (Lipinski definition) is 2. The van der Waals surface area contributed by atoms with Crippen molar-refractivity contribution in [1.29, 1.82) is 0 Å². The lowest BCUT2D eigenvalue weighted by Crippen LogP contribution is -2.56. The van der Waals surface area contributed by atoms with Gasteiger partial charge < -0.3 is 19.7 Å². The molecule has 8 heteroatoms. The summed E-state index contributed by atoms with van der Waals surface area (Å²) in [6.45, 7) is 0.0447. The van der Waals surface area contributed by atoms with Crippen molar-refractivity contribution in [2.75, 3.05) is 7.11 Å². The number of hydrogen-bond acceptors (Lipinski definition) is 5. The third kappa shape index (κ3) is 6.60. The minimum absolute atomic E-state index is 0.0447. The molecule has 0 aromatic heterocycles. The summed E-state index contributed by atoms with van der Waals surface area (Å²) in [6.07, 6.45) is 9.61. The fourth-order valence-electron chi connectivity index (χ4n) is 5.86. The molecule has 0 spiro atoms. The minimum atomic E-state index is -3.32. The third-order valence-electron chi connectivity index (χ3n) is 7.49. The van der Waals surface area contributed by atoms with E-state index in [-0.39, 0.29) is 18.4 Å². The van der Waals surface area contributed by atoms with E-state index >= 15 is 0 Å². The monoisotopic (exact) mass is 479 g/mol. The van der Waals surface area contributed by atoms with Gasteiger partial charge in [0.2, 0.25) is 8.03 Å². The summed E-state index contributed by atoms with van der Waals surface area (Å²) < 4.78 is 23.4. The molecule has 1 aromatic rings. The van der Waals surface area contributed by atoms with Gasteiger partial charge in [-0.25, -0.2) is 4.79 Å². The predicted molar refractivity (Wildman–Crippen MR) is 127 cm³/mol. The van der Waals surface area contributed by atoms with Gasteiger partial charge in [-0.15, -0.1) is 0 Å². The molecule has 2 aliphatic rings. The van der Waals surface area contributed by atoms with Crippen LogP contribution in [0.2, 0.25) is 0 Å². The van der Waals surface area contributed by atoms with Crippen LogP contribution in [0.4, 0.5) is 4.79 Å². The SMILES string of the molecule is COC(=O)C(CC1CCCCC1)(C1CCCCC1)C(NC(=O)OCc1ccccc1)[PH](=O)O. The Balaban J connectivity index is 1.88. The largest absolute Gasteiger partial charge is 0.469 e. The molecular weight excluding hydrogens is 441 g/mol. The zero-order valence-electron chi connectivity index (χ0n) is 19.6. The standard InChI is InChI=1S/C25H38NO6P/c1-31-23(27)25(21-15-9-4-10-16-21,17-19-11-5-2-6-12-19)22(33(29)30)26-24(28)32-18-20-13-7-3-8-14-20/h3,7-8,13-14,19,21-22,33H,2,4-6,9-12,15-18H2,1H3,(H,26,28)(H,29,30). The second-order valence-electron chi connectivity index (χ2n) is 9.55. The zero-order chi connectivity index (χ0) is 23.7. The van der Waals surface area contributed by atoms with E-state index in [1.165, 1.54) is 13.5 Å². The highest BCUT2D eigenvalue weighted by Crippen LogP contribution is 2.53. The smallest absolute Gasteiger partial charge is 0.408 e. The van der Waals surface area contributed by atoms with Crippen molar-refractivity contribution >= 4 is 20.1 Å². The van der Waals surface area contributed by atoms with Gasteiger partial charge in [-0.2, -0.15) is 0 Å². The van der Waals surface area contributed by atoms with Crippen LogP contribution in [0.15, 0.2) is 30.3 Å². The summed E-state index contributed by atoms with van der Waals surface area (Å²) in [7, 11) is -1.99. The van der Waals surface area contributed by atoms with E-state index in [2.05, 4.69) is 5.32 Å². The second kappa shape index (κ2) is 12.6. The molecule has 0 heterocycles. The van der Waals surface area contributed by atoms with Gasteiger partial charge in [-0.1, -0.05) is 81.7 Å². The van der Waals surface area contributed by atoms with Crippen molar-refractivity contribution in [3.8, 4) is 0 Å². The molecule has 3 unspecified atom stereocenters. The molecule has 2 aliphatic carbocycles. The van der Waals surface area contributed by atoms with E-state index in [0.29, 0.717) is 6.42 Å². The normalized spacial score (nSPS) is 21.4. The summed E-state index contributed by atoms with van der Waals surface area (Å²) >= 11 is 0. The molecule has 0 bridgehead atoms. The van der Waals surface area contributed by atoms with E-state index in [1.807, 2.05) is 30.3 Å². The summed E-state index contributed by atoms with van der Waals surface area (Å²) in [5, 5.41) is 2.65. The van der Waals surface area contributed by atoms with E-state index in [4.69, 9.17) is 9.47 Å². The van der Waals surface area contributed by atoms with Crippen LogP contribution in [0.5, 0.6) is 0 Å². The summed E-state index contributed by atoms with van der Waals surface area (Å²) in [5.41, 5.74) is -0.414. The average molecular weight is 480 g/mol. The van der Waals surface area contributed by atoms with Crippen LogP contribution < -0.4 is 5.32 Å². The fraction of sp³-hybridized carbons (Fsp3) is 0.680. The first-order valence-corrected chi connectivity index (χ1v) is 13.7. The maximum absolute atomic E-state index is 13.5. The molecule has 3 atom stereocenters. The molecule has 1 aromatic carbocycles. The first-order valence-electron chi connectivity index (χ1n) is 12.3. The molecule has 7 nitrogen and oxygen atoms in total. The molecule has 33 heavy (non-hydrogen) atoms. The highest BCUT2D eigenvalue weighted by atomic mass is 31.1. The molecule has 184 valence electrons. The fourth-order valence-corrected chi connectivity index (χ4v) is 7.01. The number of carbonyl (C=O) groups excluding carboxylic acids is 2. The maximum Gasteiger partial charge on any atom is 0.408 e. The number of esters is 1. The average Bonchev–Trinajstić information content (AvgIpc) is 2.86. The summed E-state index contributed by atoms with van der Waals surface area (Å²) in [5.74, 6) is -1.55. The highest BCUT2D eigenvalue weighted by Gasteiger charge is 2.56. The van der Waals surface area contributed by atoms with Gasteiger partial charge >= 0.3 is 12.1 Å². The number of alkyl carbamates (subject to hydrolysis) is 1. The van der Waals surface area contributed by atoms with E-state index in [9.17, 15) is 19.0 Å². The van der Waals surface area contributed by atoms with Gasteiger partial charge in [0.1, 0.15) is 17.8 Å². The number of benzene rings is 1. The van der Waals surface area contributed by atoms with Crippen molar-refractivity contribution in [2.24, 2.45) is 17.3 Å². The lowest BCUT2D eigenvalue weighted by atomic mass is 9.63. The number of rotatable bonds is 9. The van der Waals surface area contributed by atoms with Gasteiger partial charge in [0, 0.05) is 0 Å². The van der Waals surface area contributed by atoms with Crippen LogP contribution in [-0.4, -0.2) is 29.8 Å². The predicted octanol–water partition coefficient (Wildman–Crippen LogP) is 5.42. The quantitative estimate of drug-likeness (QED) is 0.362. The van der Waals surface area contributed by atoms with Gasteiger partial charge in [0.15, 0.2) is 0 Å². The van der Waals surface area contributed by atoms with Crippen molar-refractivity contribution in [3.63, 3.8) is 0 Å². The number of carbonyl (C=O) groups is 2. The Morgan fingerprint density at radius 1 is 1.06 bits per heavy atom. The van der Waals surface area contributed by atoms with Crippen molar-refractivity contribution in [1.82, 2.24) is 5.32 Å². The third-order valence-corrected chi connectivity index (χ3v) is 8.64. The van der Waals surface area contributed by atoms with Crippen LogP contribution in [-0.2, 0) is 25.4 Å². The molecule has 3 rings (SSSR count). The van der Waals surface area contributed by atoms with Crippen LogP contribution in [0, 0.1) is 17.3 Å². The molecule has 2 saturated carbocycles. The van der Waals surface area contributed by atoms with E-state index in [1.54, 1.807) is 0 Å². The number of amides is 1. The number of methoxy groups -OCH3 is 1. The molecule has 0 saturated heterocycles. The van der Waals surface area contributed by atoms with Crippen LogP contribution in [0.1, 0.15) is 76.2 Å². The topological polar surface area (TPSA) is 102 Å². The van der Waals surface area contributed by atoms with Gasteiger partial charge in [-0.3, -0.25) is 9.36 Å². The lowest BCUT2D eigenvalue weighted by molar-refractivity contribution is -0.160. The van der Waals surface area contributed by atoms with Gasteiger partial charge in [-0.05, 0) is 36.7 Å². The molecular formula is C25H38NO6P. The van der Waals surface area contributed by atoms with Gasteiger partial charge in [0.05, 0.1) is 7.11 Å². The Kier molecular flexibility index (Phi) is 9.81. The minimum Gasteiger partial charge on any atom is -0.469 e. The molecule has 0 radical (unpaired) electrons. The van der Waals surface area contributed by atoms with Crippen LogP contribution in [0.3, 0.4) is 0 Å². The molecule has 0 aliphatic heterocycles. The van der Waals surface area contributed by atoms with E-state index in [0.717, 1.165) is 63.4 Å². The Bertz CT molecular complexity index is 791. The Morgan fingerprint density at radius 3 is 2.24 bits per heavy atom. The van der Waals surface area contributed by atoms with E-state index < -0.39 is 31.3 Å². The van der Waals surface area contributed by atoms with Crippen LogP contribution >= 0.6 is 8.03 Å². The summed E-state index contributed by atoms with van der Waals surface area (Å²) in [6, 6.07) is 9.24. The van der Waals surface area contributed by atoms with Crippen molar-refractivity contribution < 1.29 is 28.5 Å². The molecule has 1 amide bonds. The first-order chi connectivity index (χ1) is 16.0. The number of ether oxygens (including phenoxy) is 2. The zero-order valence-corrected chi connectivity index (χ0v) is 20.6. The number of nitrogens with one attached hydrogen (secondary N) is 1. The maximum atomic E-state index is 13.5. The second-order valence-corrected chi connectivity index (χ2v) is 10.8. The first kappa shape index (κ1) is 25.8. The Labute approximate surface area is 197 Å². The Hall–Kier alpha value is -1.85. The summed E-state index contributed by atoms with van der Waals surface area (Å²) in [4.78, 5) is 36.7. The molecule has 2 fully saturated rings. The Morgan fingerprint density at radius 2 is 1.67 bits per heavy atom. The van der Waals surface area contributed by atoms with Crippen molar-refractivity contribution in [3.05, 3.63) is 35.9 Å².